The fourth-order valence-electron chi connectivity index (χ4n) is 1.82. The maximum absolute atomic E-state index is 11.9. The van der Waals surface area contributed by atoms with Crippen LogP contribution in [0.3, 0.4) is 0 Å². The Morgan fingerprint density at radius 2 is 2.25 bits per heavy atom. The van der Waals surface area contributed by atoms with Gasteiger partial charge in [0.1, 0.15) is 6.54 Å². The average Bonchev–Trinajstić information content (AvgIpc) is 2.22. The third-order valence-electron chi connectivity index (χ3n) is 2.56. The molecule has 16 heavy (non-hydrogen) atoms. The van der Waals surface area contributed by atoms with E-state index in [1.165, 1.54) is 4.90 Å². The van der Waals surface area contributed by atoms with Crippen LogP contribution in [0.5, 0.6) is 0 Å². The Bertz CT molecular complexity index is 459. The number of hydrogen-bond acceptors (Lipinski definition) is 2. The highest BCUT2D eigenvalue weighted by Gasteiger charge is 2.25. The van der Waals surface area contributed by atoms with Gasteiger partial charge < -0.3 is 10.0 Å². The van der Waals surface area contributed by atoms with Crippen molar-refractivity contribution in [1.29, 1.82) is 0 Å². The van der Waals surface area contributed by atoms with Crippen molar-refractivity contribution < 1.29 is 14.7 Å². The van der Waals surface area contributed by atoms with E-state index in [1.54, 1.807) is 18.2 Å². The summed E-state index contributed by atoms with van der Waals surface area (Å²) in [6.45, 7) is 0.180. The predicted octanol–water partition coefficient (Wildman–Crippen LogP) is 1.42. The number of amides is 1. The first-order valence-electron chi connectivity index (χ1n) is 4.87. The highest BCUT2D eigenvalue weighted by molar-refractivity contribution is 6.30. The lowest BCUT2D eigenvalue weighted by Crippen LogP contribution is -2.40. The van der Waals surface area contributed by atoms with Crippen molar-refractivity contribution in [2.45, 2.75) is 6.42 Å². The van der Waals surface area contributed by atoms with Gasteiger partial charge in [0.2, 0.25) is 0 Å². The molecule has 1 aromatic carbocycles. The van der Waals surface area contributed by atoms with Gasteiger partial charge in [-0.05, 0) is 30.2 Å². The highest BCUT2D eigenvalue weighted by Crippen LogP contribution is 2.22. The lowest BCUT2D eigenvalue weighted by atomic mass is 9.99. The molecule has 0 saturated heterocycles. The molecule has 2 rings (SSSR count). The van der Waals surface area contributed by atoms with Gasteiger partial charge in [-0.15, -0.1) is 0 Å². The molecule has 0 spiro atoms. The van der Waals surface area contributed by atoms with E-state index in [0.717, 1.165) is 5.56 Å². The first kappa shape index (κ1) is 11.0. The monoisotopic (exact) mass is 239 g/mol. The highest BCUT2D eigenvalue weighted by atomic mass is 35.5. The second-order valence-corrected chi connectivity index (χ2v) is 4.11. The summed E-state index contributed by atoms with van der Waals surface area (Å²) in [5.74, 6) is -1.23. The quantitative estimate of drug-likeness (QED) is 0.849. The number of halogens is 1. The number of carbonyl (C=O) groups excluding carboxylic acids is 1. The lowest BCUT2D eigenvalue weighted by molar-refractivity contribution is -0.137. The zero-order valence-electron chi connectivity index (χ0n) is 8.44. The summed E-state index contributed by atoms with van der Waals surface area (Å²) < 4.78 is 0. The topological polar surface area (TPSA) is 57.6 Å². The average molecular weight is 240 g/mol. The van der Waals surface area contributed by atoms with Crippen LogP contribution in [0.2, 0.25) is 5.02 Å². The summed E-state index contributed by atoms with van der Waals surface area (Å²) >= 11 is 5.83. The molecule has 0 fully saturated rings. The third kappa shape index (κ3) is 2.02. The number of fused-ring (bicyclic) bond motifs is 1. The molecule has 1 aromatic rings. The second-order valence-electron chi connectivity index (χ2n) is 3.67. The second kappa shape index (κ2) is 4.14. The minimum Gasteiger partial charge on any atom is -0.480 e. The molecule has 0 saturated carbocycles. The van der Waals surface area contributed by atoms with E-state index in [1.807, 2.05) is 0 Å². The van der Waals surface area contributed by atoms with E-state index < -0.39 is 5.97 Å². The number of carboxylic acid groups (broad SMARTS) is 1. The van der Waals surface area contributed by atoms with Gasteiger partial charge in [-0.2, -0.15) is 0 Å². The van der Waals surface area contributed by atoms with Gasteiger partial charge in [-0.1, -0.05) is 11.6 Å². The van der Waals surface area contributed by atoms with Crippen LogP contribution < -0.4 is 0 Å². The maximum atomic E-state index is 11.9. The number of nitrogens with zero attached hydrogens (tertiary/aromatic N) is 1. The van der Waals surface area contributed by atoms with Gasteiger partial charge in [-0.25, -0.2) is 0 Å². The molecule has 1 aliphatic rings. The predicted molar refractivity (Wildman–Crippen MR) is 58.7 cm³/mol. The minimum atomic E-state index is -0.995. The first-order valence-corrected chi connectivity index (χ1v) is 5.25. The molecule has 1 aliphatic heterocycles. The summed E-state index contributed by atoms with van der Waals surface area (Å²) in [6.07, 6.45) is 0.648. The molecular formula is C11H10ClNO3. The molecule has 0 radical (unpaired) electrons. The van der Waals surface area contributed by atoms with Gasteiger partial charge in [0.25, 0.3) is 5.91 Å². The molecule has 0 unspecified atom stereocenters. The van der Waals surface area contributed by atoms with Crippen LogP contribution in [-0.4, -0.2) is 35.0 Å². The van der Waals surface area contributed by atoms with Gasteiger partial charge in [0.05, 0.1) is 0 Å². The normalized spacial score (nSPS) is 14.8. The Kier molecular flexibility index (Phi) is 2.83. The van der Waals surface area contributed by atoms with Gasteiger partial charge >= 0.3 is 5.97 Å². The van der Waals surface area contributed by atoms with E-state index in [2.05, 4.69) is 0 Å². The van der Waals surface area contributed by atoms with E-state index in [9.17, 15) is 9.59 Å². The van der Waals surface area contributed by atoms with Crippen LogP contribution in [0.25, 0.3) is 0 Å². The maximum Gasteiger partial charge on any atom is 0.323 e. The van der Waals surface area contributed by atoms with Gasteiger partial charge in [-0.3, -0.25) is 9.59 Å². The number of benzene rings is 1. The summed E-state index contributed by atoms with van der Waals surface area (Å²) in [5.41, 5.74) is 1.44. The van der Waals surface area contributed by atoms with Crippen molar-refractivity contribution in [3.05, 3.63) is 34.3 Å². The van der Waals surface area contributed by atoms with E-state index >= 15 is 0 Å². The van der Waals surface area contributed by atoms with Crippen LogP contribution in [0.4, 0.5) is 0 Å². The van der Waals surface area contributed by atoms with E-state index in [4.69, 9.17) is 16.7 Å². The third-order valence-corrected chi connectivity index (χ3v) is 2.80. The lowest BCUT2D eigenvalue weighted by Gasteiger charge is -2.27. The Labute approximate surface area is 97.4 Å². The zero-order chi connectivity index (χ0) is 11.7. The molecule has 0 aromatic heterocycles. The number of carboxylic acids is 1. The molecule has 4 nitrogen and oxygen atoms in total. The Morgan fingerprint density at radius 3 is 2.94 bits per heavy atom. The fraction of sp³-hybridized carbons (Fsp3) is 0.273. The Hall–Kier alpha value is -1.55. The number of aliphatic carboxylic acids is 1. The molecule has 1 N–H and O–H groups in total. The zero-order valence-corrected chi connectivity index (χ0v) is 9.20. The van der Waals surface area contributed by atoms with Crippen LogP contribution >= 0.6 is 11.6 Å². The Morgan fingerprint density at radius 1 is 1.50 bits per heavy atom. The molecule has 84 valence electrons. The number of carbonyl (C=O) groups is 2. The molecule has 5 heteroatoms. The standard InChI is InChI=1S/C11H10ClNO3/c12-8-1-2-9-7(5-8)3-4-13(11(9)16)6-10(14)15/h1-2,5H,3-4,6H2,(H,14,15). The Balaban J connectivity index is 2.29. The molecule has 1 heterocycles. The van der Waals surface area contributed by atoms with Gasteiger partial charge in [0.15, 0.2) is 0 Å². The van der Waals surface area contributed by atoms with Crippen molar-refractivity contribution in [3.63, 3.8) is 0 Å². The summed E-state index contributed by atoms with van der Waals surface area (Å²) in [6, 6.07) is 5.05. The minimum absolute atomic E-state index is 0.236. The van der Waals surface area contributed by atoms with Gasteiger partial charge in [0, 0.05) is 17.1 Å². The number of hydrogen-bond donors (Lipinski definition) is 1. The van der Waals surface area contributed by atoms with E-state index in [-0.39, 0.29) is 12.5 Å². The molecular weight excluding hydrogens is 230 g/mol. The van der Waals surface area contributed by atoms with Crippen molar-refractivity contribution in [3.8, 4) is 0 Å². The smallest absolute Gasteiger partial charge is 0.323 e. The summed E-state index contributed by atoms with van der Waals surface area (Å²) in [7, 11) is 0. The fourth-order valence-corrected chi connectivity index (χ4v) is 2.01. The van der Waals surface area contributed by atoms with Crippen LogP contribution in [0.1, 0.15) is 15.9 Å². The summed E-state index contributed by atoms with van der Waals surface area (Å²) in [5, 5.41) is 9.26. The summed E-state index contributed by atoms with van der Waals surface area (Å²) in [4.78, 5) is 23.8. The van der Waals surface area contributed by atoms with Crippen molar-refractivity contribution >= 4 is 23.5 Å². The first-order chi connectivity index (χ1) is 7.58. The molecule has 1 amide bonds. The van der Waals surface area contributed by atoms with Crippen LogP contribution in [0.15, 0.2) is 18.2 Å². The SMILES string of the molecule is O=C(O)CN1CCc2cc(Cl)ccc2C1=O. The van der Waals surface area contributed by atoms with Crippen LogP contribution in [-0.2, 0) is 11.2 Å². The molecule has 0 aliphatic carbocycles. The van der Waals surface area contributed by atoms with Crippen molar-refractivity contribution in [1.82, 2.24) is 4.90 Å². The molecule has 0 atom stereocenters. The van der Waals surface area contributed by atoms with Crippen LogP contribution in [0, 0.1) is 0 Å². The van der Waals surface area contributed by atoms with Crippen molar-refractivity contribution in [2.75, 3.05) is 13.1 Å². The number of rotatable bonds is 2. The largest absolute Gasteiger partial charge is 0.480 e. The molecule has 0 bridgehead atoms. The van der Waals surface area contributed by atoms with E-state index in [0.29, 0.717) is 23.6 Å². The van der Waals surface area contributed by atoms with Crippen molar-refractivity contribution in [2.24, 2.45) is 0 Å².